The lowest BCUT2D eigenvalue weighted by molar-refractivity contribution is -0.0516. The average Bonchev–Trinajstić information content (AvgIpc) is 2.90. The van der Waals surface area contributed by atoms with Gasteiger partial charge in [0.15, 0.2) is 17.7 Å². The van der Waals surface area contributed by atoms with E-state index in [-0.39, 0.29) is 6.23 Å². The van der Waals surface area contributed by atoms with Crippen LogP contribution in [0.1, 0.15) is 25.7 Å². The lowest BCUT2D eigenvalue weighted by Crippen LogP contribution is -2.51. The van der Waals surface area contributed by atoms with E-state index in [4.69, 9.17) is 9.47 Å². The molecule has 3 fully saturated rings. The van der Waals surface area contributed by atoms with Gasteiger partial charge < -0.3 is 14.8 Å². The molecule has 3 aliphatic heterocycles. The van der Waals surface area contributed by atoms with Gasteiger partial charge in [-0.05, 0) is 74.6 Å². The number of hydrogen-bond donors (Lipinski definition) is 1. The average molecular weight is 328 g/mol. The van der Waals surface area contributed by atoms with Crippen molar-refractivity contribution in [2.45, 2.75) is 31.9 Å². The number of ether oxygens (including phenoxy) is 2. The van der Waals surface area contributed by atoms with Gasteiger partial charge in [-0.15, -0.1) is 0 Å². The van der Waals surface area contributed by atoms with Crippen molar-refractivity contribution in [2.75, 3.05) is 32.8 Å². The van der Waals surface area contributed by atoms with Crippen LogP contribution in [-0.4, -0.2) is 43.9 Å². The van der Waals surface area contributed by atoms with Crippen molar-refractivity contribution in [3.05, 3.63) is 24.3 Å². The first-order chi connectivity index (χ1) is 11.9. The van der Waals surface area contributed by atoms with Gasteiger partial charge in [-0.25, -0.2) is 0 Å². The number of benzene rings is 1. The molecular weight excluding hydrogens is 300 g/mol. The van der Waals surface area contributed by atoms with Crippen molar-refractivity contribution >= 4 is 0 Å². The number of piperidine rings is 2. The first-order valence-corrected chi connectivity index (χ1v) is 9.72. The Morgan fingerprint density at radius 1 is 0.875 bits per heavy atom. The van der Waals surface area contributed by atoms with E-state index in [9.17, 15) is 0 Å². The van der Waals surface area contributed by atoms with Gasteiger partial charge in [0.2, 0.25) is 0 Å². The first kappa shape index (κ1) is 15.0. The Kier molecular flexibility index (Phi) is 3.90. The van der Waals surface area contributed by atoms with Crippen LogP contribution in [0.25, 0.3) is 0 Å². The number of fused-ring (bicyclic) bond motifs is 3. The normalized spacial score (nSPS) is 36.7. The molecule has 3 unspecified atom stereocenters. The number of rotatable bonds is 2. The summed E-state index contributed by atoms with van der Waals surface area (Å²) in [4.78, 5) is 2.50. The smallest absolute Gasteiger partial charge is 0.187 e. The summed E-state index contributed by atoms with van der Waals surface area (Å²) in [5.41, 5.74) is 0. The molecule has 1 aromatic carbocycles. The zero-order chi connectivity index (χ0) is 15.9. The van der Waals surface area contributed by atoms with Crippen LogP contribution in [0, 0.1) is 23.7 Å². The van der Waals surface area contributed by atoms with E-state index in [2.05, 4.69) is 10.2 Å². The molecule has 24 heavy (non-hydrogen) atoms. The van der Waals surface area contributed by atoms with E-state index >= 15 is 0 Å². The fraction of sp³-hybridized carbons (Fsp3) is 0.700. The molecule has 2 bridgehead atoms. The van der Waals surface area contributed by atoms with Crippen molar-refractivity contribution in [3.8, 4) is 11.5 Å². The van der Waals surface area contributed by atoms with Crippen LogP contribution in [0.5, 0.6) is 11.5 Å². The van der Waals surface area contributed by atoms with Crippen molar-refractivity contribution in [1.29, 1.82) is 0 Å². The van der Waals surface area contributed by atoms with E-state index in [1.165, 1.54) is 38.8 Å². The van der Waals surface area contributed by atoms with Crippen LogP contribution < -0.4 is 14.8 Å². The molecule has 4 heteroatoms. The standard InChI is InChI=1S/C20H28N2O2/c1-2-4-18-17(3-1)23-13-19(24-18)22-9-7-14(8-10-22)20-15-5-6-16(20)12-21-11-15/h1-4,14-16,19-21H,5-13H2. The first-order valence-electron chi connectivity index (χ1n) is 9.72. The maximum absolute atomic E-state index is 6.20. The topological polar surface area (TPSA) is 33.7 Å². The van der Waals surface area contributed by atoms with Crippen LogP contribution in [0.2, 0.25) is 0 Å². The molecular formula is C20H28N2O2. The largest absolute Gasteiger partial charge is 0.484 e. The minimum Gasteiger partial charge on any atom is -0.484 e. The van der Waals surface area contributed by atoms with Crippen molar-refractivity contribution in [1.82, 2.24) is 10.2 Å². The summed E-state index contributed by atoms with van der Waals surface area (Å²) in [6.07, 6.45) is 5.67. The van der Waals surface area contributed by atoms with Gasteiger partial charge in [-0.2, -0.15) is 0 Å². The Morgan fingerprint density at radius 3 is 2.33 bits per heavy atom. The quantitative estimate of drug-likeness (QED) is 0.905. The van der Waals surface area contributed by atoms with Gasteiger partial charge in [0.1, 0.15) is 6.61 Å². The van der Waals surface area contributed by atoms with Gasteiger partial charge >= 0.3 is 0 Å². The number of nitrogens with zero attached hydrogens (tertiary/aromatic N) is 1. The SMILES string of the molecule is c1ccc2c(c1)OCC(N1CCC(C3C4CCC3CNC4)CC1)O2. The Labute approximate surface area is 144 Å². The lowest BCUT2D eigenvalue weighted by atomic mass is 9.72. The second-order valence-corrected chi connectivity index (χ2v) is 8.04. The molecule has 5 rings (SSSR count). The van der Waals surface area contributed by atoms with Gasteiger partial charge in [-0.1, -0.05) is 12.1 Å². The maximum atomic E-state index is 6.20. The zero-order valence-electron chi connectivity index (χ0n) is 14.3. The Morgan fingerprint density at radius 2 is 1.58 bits per heavy atom. The molecule has 1 saturated carbocycles. The molecule has 130 valence electrons. The summed E-state index contributed by atoms with van der Waals surface area (Å²) in [6, 6.07) is 8.02. The maximum Gasteiger partial charge on any atom is 0.187 e. The third kappa shape index (κ3) is 2.60. The molecule has 4 aliphatic rings. The fourth-order valence-corrected chi connectivity index (χ4v) is 5.68. The molecule has 0 amide bonds. The second-order valence-electron chi connectivity index (χ2n) is 8.04. The Bertz CT molecular complexity index is 569. The molecule has 3 atom stereocenters. The number of likely N-dealkylation sites (tertiary alicyclic amines) is 1. The highest BCUT2D eigenvalue weighted by Crippen LogP contribution is 2.46. The van der Waals surface area contributed by atoms with Crippen LogP contribution >= 0.6 is 0 Å². The van der Waals surface area contributed by atoms with Gasteiger partial charge in [0.25, 0.3) is 0 Å². The summed E-state index contributed by atoms with van der Waals surface area (Å²) in [5.74, 6) is 5.58. The molecule has 0 aromatic heterocycles. The van der Waals surface area contributed by atoms with Gasteiger partial charge in [-0.3, -0.25) is 4.90 Å². The molecule has 0 radical (unpaired) electrons. The molecule has 0 spiro atoms. The minimum absolute atomic E-state index is 0.0885. The summed E-state index contributed by atoms with van der Waals surface area (Å²) in [6.45, 7) is 5.49. The monoisotopic (exact) mass is 328 g/mol. The summed E-state index contributed by atoms with van der Waals surface area (Å²) >= 11 is 0. The predicted molar refractivity (Wildman–Crippen MR) is 93.2 cm³/mol. The van der Waals surface area contributed by atoms with Gasteiger partial charge in [0.05, 0.1) is 0 Å². The van der Waals surface area contributed by atoms with Crippen molar-refractivity contribution < 1.29 is 9.47 Å². The van der Waals surface area contributed by atoms with Crippen LogP contribution in [0.15, 0.2) is 24.3 Å². The van der Waals surface area contributed by atoms with E-state index < -0.39 is 0 Å². The molecule has 2 saturated heterocycles. The molecule has 1 aliphatic carbocycles. The molecule has 1 aromatic rings. The van der Waals surface area contributed by atoms with E-state index in [0.29, 0.717) is 6.61 Å². The van der Waals surface area contributed by atoms with E-state index in [1.807, 2.05) is 24.3 Å². The highest BCUT2D eigenvalue weighted by Gasteiger charge is 2.44. The number of hydrogen-bond acceptors (Lipinski definition) is 4. The minimum atomic E-state index is 0.0885. The van der Waals surface area contributed by atoms with Crippen LogP contribution in [-0.2, 0) is 0 Å². The molecule has 1 N–H and O–H groups in total. The van der Waals surface area contributed by atoms with E-state index in [1.54, 1.807) is 0 Å². The van der Waals surface area contributed by atoms with Crippen LogP contribution in [0.4, 0.5) is 0 Å². The van der Waals surface area contributed by atoms with E-state index in [0.717, 1.165) is 48.3 Å². The van der Waals surface area contributed by atoms with Crippen molar-refractivity contribution in [2.24, 2.45) is 23.7 Å². The summed E-state index contributed by atoms with van der Waals surface area (Å²) in [7, 11) is 0. The Hall–Kier alpha value is -1.26. The third-order valence-corrected chi connectivity index (χ3v) is 6.83. The Balaban J connectivity index is 1.20. The second kappa shape index (κ2) is 6.23. The predicted octanol–water partition coefficient (Wildman–Crippen LogP) is 2.74. The summed E-state index contributed by atoms with van der Waals surface area (Å²) < 4.78 is 12.1. The molecule has 4 nitrogen and oxygen atoms in total. The van der Waals surface area contributed by atoms with Crippen LogP contribution in [0.3, 0.4) is 0 Å². The summed E-state index contributed by atoms with van der Waals surface area (Å²) in [5, 5.41) is 3.64. The third-order valence-electron chi connectivity index (χ3n) is 6.83. The number of nitrogens with one attached hydrogen (secondary N) is 1. The fourth-order valence-electron chi connectivity index (χ4n) is 5.68. The highest BCUT2D eigenvalue weighted by molar-refractivity contribution is 5.40. The number of para-hydroxylation sites is 2. The lowest BCUT2D eigenvalue weighted by Gasteiger charge is -2.43. The molecule has 3 heterocycles. The van der Waals surface area contributed by atoms with Crippen molar-refractivity contribution in [3.63, 3.8) is 0 Å². The zero-order valence-corrected chi connectivity index (χ0v) is 14.3. The van der Waals surface area contributed by atoms with Gasteiger partial charge in [0, 0.05) is 13.1 Å². The highest BCUT2D eigenvalue weighted by atomic mass is 16.6.